The first-order valence-corrected chi connectivity index (χ1v) is 9.51. The molecule has 1 fully saturated rings. The highest BCUT2D eigenvalue weighted by Crippen LogP contribution is 2.40. The molecule has 0 unspecified atom stereocenters. The Morgan fingerprint density at radius 1 is 1.32 bits per heavy atom. The SMILES string of the molecule is CCOc1cc(Br)cc(/C=C2\SC(=S)N(c3ccccc3)C2=O)c1O. The van der Waals surface area contributed by atoms with Crippen molar-refractivity contribution in [2.45, 2.75) is 6.92 Å². The molecular formula is C18H14BrNO3S2. The summed E-state index contributed by atoms with van der Waals surface area (Å²) in [6, 6.07) is 12.7. The number of para-hydroxylation sites is 1. The Morgan fingerprint density at radius 3 is 2.72 bits per heavy atom. The number of nitrogens with zero attached hydrogens (tertiary/aromatic N) is 1. The van der Waals surface area contributed by atoms with E-state index >= 15 is 0 Å². The average Bonchev–Trinajstić information content (AvgIpc) is 2.86. The molecule has 0 radical (unpaired) electrons. The number of carbonyl (C=O) groups excluding carboxylic acids is 1. The van der Waals surface area contributed by atoms with E-state index in [1.165, 1.54) is 16.7 Å². The fourth-order valence-corrected chi connectivity index (χ4v) is 4.12. The third-order valence-electron chi connectivity index (χ3n) is 3.46. The molecule has 0 aliphatic carbocycles. The Labute approximate surface area is 163 Å². The van der Waals surface area contributed by atoms with E-state index in [0.29, 0.717) is 27.1 Å². The van der Waals surface area contributed by atoms with Crippen LogP contribution < -0.4 is 9.64 Å². The van der Waals surface area contributed by atoms with Gasteiger partial charge in [-0.25, -0.2) is 0 Å². The summed E-state index contributed by atoms with van der Waals surface area (Å²) in [5, 5.41) is 10.4. The quantitative estimate of drug-likeness (QED) is 0.543. The maximum absolute atomic E-state index is 12.8. The fraction of sp³-hybridized carbons (Fsp3) is 0.111. The van der Waals surface area contributed by atoms with Gasteiger partial charge in [-0.15, -0.1) is 0 Å². The average molecular weight is 436 g/mol. The van der Waals surface area contributed by atoms with Gasteiger partial charge < -0.3 is 9.84 Å². The van der Waals surface area contributed by atoms with E-state index in [1.807, 2.05) is 37.3 Å². The lowest BCUT2D eigenvalue weighted by molar-refractivity contribution is -0.113. The predicted octanol–water partition coefficient (Wildman–Crippen LogP) is 4.96. The summed E-state index contributed by atoms with van der Waals surface area (Å²) < 4.78 is 6.63. The van der Waals surface area contributed by atoms with Gasteiger partial charge in [0, 0.05) is 10.0 Å². The van der Waals surface area contributed by atoms with E-state index in [2.05, 4.69) is 15.9 Å². The Bertz CT molecular complexity index is 868. The molecule has 7 heteroatoms. The van der Waals surface area contributed by atoms with Crippen molar-refractivity contribution in [3.8, 4) is 11.5 Å². The molecule has 4 nitrogen and oxygen atoms in total. The molecule has 1 heterocycles. The minimum Gasteiger partial charge on any atom is -0.504 e. The Hall–Kier alpha value is -1.83. The number of amides is 1. The van der Waals surface area contributed by atoms with Crippen LogP contribution in [0.4, 0.5) is 5.69 Å². The molecule has 3 rings (SSSR count). The van der Waals surface area contributed by atoms with Crippen molar-refractivity contribution < 1.29 is 14.6 Å². The number of aromatic hydroxyl groups is 1. The number of phenols is 1. The summed E-state index contributed by atoms with van der Waals surface area (Å²) in [6.45, 7) is 2.27. The molecular weight excluding hydrogens is 422 g/mol. The Morgan fingerprint density at radius 2 is 2.04 bits per heavy atom. The summed E-state index contributed by atoms with van der Waals surface area (Å²) in [5.41, 5.74) is 1.22. The van der Waals surface area contributed by atoms with Crippen LogP contribution in [-0.2, 0) is 4.79 Å². The third kappa shape index (κ3) is 3.73. The third-order valence-corrected chi connectivity index (χ3v) is 5.22. The van der Waals surface area contributed by atoms with Gasteiger partial charge in [-0.3, -0.25) is 9.69 Å². The van der Waals surface area contributed by atoms with Gasteiger partial charge in [-0.2, -0.15) is 0 Å². The zero-order chi connectivity index (χ0) is 18.0. The summed E-state index contributed by atoms with van der Waals surface area (Å²) in [7, 11) is 0. The number of phenolic OH excluding ortho intramolecular Hbond substituents is 1. The molecule has 1 aliphatic heterocycles. The number of carbonyl (C=O) groups is 1. The highest BCUT2D eigenvalue weighted by atomic mass is 79.9. The molecule has 0 bridgehead atoms. The molecule has 0 aromatic heterocycles. The summed E-state index contributed by atoms with van der Waals surface area (Å²) >= 11 is 9.95. The lowest BCUT2D eigenvalue weighted by Crippen LogP contribution is -2.27. The lowest BCUT2D eigenvalue weighted by Gasteiger charge is -2.14. The van der Waals surface area contributed by atoms with E-state index in [9.17, 15) is 9.90 Å². The van der Waals surface area contributed by atoms with Gasteiger partial charge in [0.05, 0.1) is 17.2 Å². The monoisotopic (exact) mass is 435 g/mol. The summed E-state index contributed by atoms with van der Waals surface area (Å²) in [6.07, 6.45) is 1.63. The number of hydrogen-bond acceptors (Lipinski definition) is 5. The van der Waals surface area contributed by atoms with Gasteiger partial charge in [0.2, 0.25) is 0 Å². The maximum atomic E-state index is 12.8. The van der Waals surface area contributed by atoms with Gasteiger partial charge in [0.25, 0.3) is 5.91 Å². The first-order valence-electron chi connectivity index (χ1n) is 7.49. The van der Waals surface area contributed by atoms with Crippen molar-refractivity contribution in [2.75, 3.05) is 11.5 Å². The lowest BCUT2D eigenvalue weighted by atomic mass is 10.1. The number of benzene rings is 2. The van der Waals surface area contributed by atoms with Crippen molar-refractivity contribution in [1.29, 1.82) is 0 Å². The van der Waals surface area contributed by atoms with E-state index in [-0.39, 0.29) is 11.7 Å². The Balaban J connectivity index is 1.98. The normalized spacial score (nSPS) is 15.9. The Kier molecular flexibility index (Phi) is 5.46. The van der Waals surface area contributed by atoms with Gasteiger partial charge in [0.15, 0.2) is 15.8 Å². The van der Waals surface area contributed by atoms with Crippen molar-refractivity contribution >= 4 is 61.9 Å². The molecule has 2 aromatic rings. The molecule has 1 saturated heterocycles. The van der Waals surface area contributed by atoms with E-state index in [1.54, 1.807) is 18.2 Å². The van der Waals surface area contributed by atoms with Crippen LogP contribution in [0.5, 0.6) is 11.5 Å². The topological polar surface area (TPSA) is 49.8 Å². The van der Waals surface area contributed by atoms with Gasteiger partial charge in [-0.1, -0.05) is 58.1 Å². The maximum Gasteiger partial charge on any atom is 0.270 e. The van der Waals surface area contributed by atoms with Crippen LogP contribution in [0.25, 0.3) is 6.08 Å². The van der Waals surface area contributed by atoms with E-state index in [0.717, 1.165) is 10.2 Å². The number of rotatable bonds is 4. The van der Waals surface area contributed by atoms with Crippen LogP contribution in [0.1, 0.15) is 12.5 Å². The predicted molar refractivity (Wildman–Crippen MR) is 109 cm³/mol. The largest absolute Gasteiger partial charge is 0.504 e. The molecule has 2 aromatic carbocycles. The van der Waals surface area contributed by atoms with Crippen LogP contribution >= 0.6 is 39.9 Å². The van der Waals surface area contributed by atoms with Crippen molar-refractivity contribution in [3.63, 3.8) is 0 Å². The van der Waals surface area contributed by atoms with Gasteiger partial charge >= 0.3 is 0 Å². The van der Waals surface area contributed by atoms with Crippen molar-refractivity contribution in [1.82, 2.24) is 0 Å². The first-order chi connectivity index (χ1) is 12.0. The van der Waals surface area contributed by atoms with Crippen LogP contribution in [0.2, 0.25) is 0 Å². The summed E-state index contributed by atoms with van der Waals surface area (Å²) in [4.78, 5) is 14.7. The van der Waals surface area contributed by atoms with Crippen molar-refractivity contribution in [2.24, 2.45) is 0 Å². The highest BCUT2D eigenvalue weighted by molar-refractivity contribution is 9.10. The number of ether oxygens (including phenoxy) is 1. The second kappa shape index (κ2) is 7.59. The minimum absolute atomic E-state index is 0.00460. The molecule has 0 spiro atoms. The van der Waals surface area contributed by atoms with Gasteiger partial charge in [0.1, 0.15) is 0 Å². The standard InChI is InChI=1S/C18H14BrNO3S2/c1-2-23-14-10-12(19)8-11(16(14)21)9-15-17(22)20(18(24)25-15)13-6-4-3-5-7-13/h3-10,21H,2H2,1H3/b15-9-. The fourth-order valence-electron chi connectivity index (χ4n) is 2.38. The number of thiocarbonyl (C=S) groups is 1. The van der Waals surface area contributed by atoms with Crippen LogP contribution in [0, 0.1) is 0 Å². The van der Waals surface area contributed by atoms with Crippen LogP contribution in [0.3, 0.4) is 0 Å². The molecule has 0 saturated carbocycles. The second-order valence-electron chi connectivity index (χ2n) is 5.13. The van der Waals surface area contributed by atoms with E-state index < -0.39 is 0 Å². The molecule has 1 N–H and O–H groups in total. The van der Waals surface area contributed by atoms with Crippen LogP contribution in [-0.4, -0.2) is 21.9 Å². The molecule has 0 atom stereocenters. The summed E-state index contributed by atoms with van der Waals surface area (Å²) in [5.74, 6) is 0.148. The first kappa shape index (κ1) is 18.0. The number of anilines is 1. The molecule has 128 valence electrons. The minimum atomic E-state index is -0.210. The highest BCUT2D eigenvalue weighted by Gasteiger charge is 2.33. The zero-order valence-corrected chi connectivity index (χ0v) is 16.5. The number of thioether (sulfide) groups is 1. The van der Waals surface area contributed by atoms with Gasteiger partial charge in [-0.05, 0) is 37.3 Å². The smallest absolute Gasteiger partial charge is 0.270 e. The molecule has 1 amide bonds. The second-order valence-corrected chi connectivity index (χ2v) is 7.72. The van der Waals surface area contributed by atoms with Crippen LogP contribution in [0.15, 0.2) is 51.8 Å². The van der Waals surface area contributed by atoms with Crippen molar-refractivity contribution in [3.05, 3.63) is 57.4 Å². The molecule has 25 heavy (non-hydrogen) atoms. The number of halogens is 1. The zero-order valence-electron chi connectivity index (χ0n) is 13.2. The van der Waals surface area contributed by atoms with E-state index in [4.69, 9.17) is 17.0 Å². The number of hydrogen-bond donors (Lipinski definition) is 1. The molecule has 1 aliphatic rings.